The zero-order valence-electron chi connectivity index (χ0n) is 12.8. The first-order valence-electron chi connectivity index (χ1n) is 7.53. The lowest BCUT2D eigenvalue weighted by molar-refractivity contribution is 0.151. The number of anilines is 1. The quantitative estimate of drug-likeness (QED) is 0.583. The lowest BCUT2D eigenvalue weighted by Gasteiger charge is -2.37. The average molecular weight is 277 g/mol. The van der Waals surface area contributed by atoms with Gasteiger partial charge in [0.1, 0.15) is 5.75 Å². The fraction of sp³-hybridized carbons (Fsp3) is 0.625. The molecule has 0 aromatic heterocycles. The number of aryl methyl sites for hydroxylation is 1. The topological polar surface area (TPSA) is 61.5 Å². The molecule has 0 saturated carbocycles. The normalized spacial score (nSPS) is 18.4. The second-order valence-corrected chi connectivity index (χ2v) is 6.17. The number of nitrogens with zero attached hydrogens (tertiary/aromatic N) is 1. The van der Waals surface area contributed by atoms with E-state index in [-0.39, 0.29) is 11.8 Å². The third-order valence-electron chi connectivity index (χ3n) is 4.09. The van der Waals surface area contributed by atoms with Crippen LogP contribution in [0.3, 0.4) is 0 Å². The molecule has 0 unspecified atom stereocenters. The first-order chi connectivity index (χ1) is 9.50. The largest absolute Gasteiger partial charge is 0.505 e. The van der Waals surface area contributed by atoms with Gasteiger partial charge >= 0.3 is 0 Å². The number of rotatable bonds is 4. The summed E-state index contributed by atoms with van der Waals surface area (Å²) in [5.41, 5.74) is 8.53. The number of phenolic OH excluding ortho intramolecular Hbond substituents is 1. The minimum atomic E-state index is 0.251. The van der Waals surface area contributed by atoms with E-state index in [0.29, 0.717) is 11.6 Å². The minimum Gasteiger partial charge on any atom is -0.505 e. The molecule has 112 valence electrons. The van der Waals surface area contributed by atoms with Crippen LogP contribution in [0.25, 0.3) is 0 Å². The Morgan fingerprint density at radius 2 is 1.95 bits per heavy atom. The Labute approximate surface area is 122 Å². The maximum atomic E-state index is 10.4. The van der Waals surface area contributed by atoms with E-state index in [1.54, 1.807) is 6.07 Å². The molecule has 20 heavy (non-hydrogen) atoms. The second kappa shape index (κ2) is 6.46. The maximum Gasteiger partial charge on any atom is 0.143 e. The van der Waals surface area contributed by atoms with Crippen LogP contribution >= 0.6 is 0 Å². The van der Waals surface area contributed by atoms with E-state index in [1.165, 1.54) is 0 Å². The summed E-state index contributed by atoms with van der Waals surface area (Å²) >= 11 is 0. The summed E-state index contributed by atoms with van der Waals surface area (Å²) in [5.74, 6) is 0.851. The van der Waals surface area contributed by atoms with Crippen LogP contribution in [0, 0.1) is 12.8 Å². The average Bonchev–Trinajstić information content (AvgIpc) is 2.43. The monoisotopic (exact) mass is 277 g/mol. The van der Waals surface area contributed by atoms with Crippen molar-refractivity contribution in [1.82, 2.24) is 10.2 Å². The number of aromatic hydroxyl groups is 1. The van der Waals surface area contributed by atoms with Gasteiger partial charge < -0.3 is 16.2 Å². The van der Waals surface area contributed by atoms with E-state index in [9.17, 15) is 5.11 Å². The van der Waals surface area contributed by atoms with Crippen LogP contribution in [0.1, 0.15) is 37.4 Å². The number of nitrogens with one attached hydrogen (secondary N) is 1. The third-order valence-corrected chi connectivity index (χ3v) is 4.09. The molecule has 0 aliphatic carbocycles. The number of hydrogen-bond acceptors (Lipinski definition) is 4. The highest BCUT2D eigenvalue weighted by molar-refractivity contribution is 5.59. The van der Waals surface area contributed by atoms with Crippen molar-refractivity contribution in [3.8, 4) is 5.75 Å². The minimum absolute atomic E-state index is 0.251. The fourth-order valence-electron chi connectivity index (χ4n) is 3.04. The van der Waals surface area contributed by atoms with Gasteiger partial charge in [-0.1, -0.05) is 19.9 Å². The number of benzene rings is 1. The third kappa shape index (κ3) is 3.25. The summed E-state index contributed by atoms with van der Waals surface area (Å²) in [6.07, 6.45) is 1.04. The van der Waals surface area contributed by atoms with Crippen molar-refractivity contribution in [1.29, 1.82) is 0 Å². The van der Waals surface area contributed by atoms with Crippen LogP contribution in [-0.4, -0.2) is 36.2 Å². The van der Waals surface area contributed by atoms with E-state index in [0.717, 1.165) is 43.7 Å². The summed E-state index contributed by atoms with van der Waals surface area (Å²) < 4.78 is 0. The molecule has 0 radical (unpaired) electrons. The van der Waals surface area contributed by atoms with Crippen molar-refractivity contribution >= 4 is 5.69 Å². The molecule has 0 bridgehead atoms. The van der Waals surface area contributed by atoms with E-state index < -0.39 is 0 Å². The molecule has 1 aromatic carbocycles. The van der Waals surface area contributed by atoms with E-state index in [1.807, 2.05) is 6.07 Å². The Morgan fingerprint density at radius 1 is 1.30 bits per heavy atom. The summed E-state index contributed by atoms with van der Waals surface area (Å²) in [6.45, 7) is 10.6. The number of piperazine rings is 1. The standard InChI is InChI=1S/C16H27N3O/c1-11(2)10-14(19-8-6-18-7-9-19)15-12(3)4-5-13(17)16(15)20/h4-5,11,14,18,20H,6-10,17H2,1-3H3/t14-/m1/s1. The van der Waals surface area contributed by atoms with Gasteiger partial charge in [0.05, 0.1) is 5.69 Å². The van der Waals surface area contributed by atoms with Crippen LogP contribution in [0.15, 0.2) is 12.1 Å². The molecule has 1 aliphatic heterocycles. The van der Waals surface area contributed by atoms with Gasteiger partial charge in [0.15, 0.2) is 0 Å². The molecule has 4 heteroatoms. The Hall–Kier alpha value is -1.26. The Balaban J connectivity index is 2.37. The zero-order valence-corrected chi connectivity index (χ0v) is 12.8. The molecule has 4 N–H and O–H groups in total. The summed E-state index contributed by atoms with van der Waals surface area (Å²) in [6, 6.07) is 4.05. The number of nitrogen functional groups attached to an aromatic ring is 1. The highest BCUT2D eigenvalue weighted by atomic mass is 16.3. The predicted molar refractivity (Wildman–Crippen MR) is 83.9 cm³/mol. The van der Waals surface area contributed by atoms with Crippen molar-refractivity contribution in [2.24, 2.45) is 5.92 Å². The van der Waals surface area contributed by atoms with Gasteiger partial charge in [-0.05, 0) is 30.9 Å². The first-order valence-corrected chi connectivity index (χ1v) is 7.53. The number of phenols is 1. The van der Waals surface area contributed by atoms with Gasteiger partial charge in [0.2, 0.25) is 0 Å². The molecule has 1 fully saturated rings. The van der Waals surface area contributed by atoms with Crippen LogP contribution in [0.2, 0.25) is 0 Å². The van der Waals surface area contributed by atoms with Crippen molar-refractivity contribution in [2.75, 3.05) is 31.9 Å². The van der Waals surface area contributed by atoms with Gasteiger partial charge in [0, 0.05) is 37.8 Å². The van der Waals surface area contributed by atoms with Gasteiger partial charge in [0.25, 0.3) is 0 Å². The second-order valence-electron chi connectivity index (χ2n) is 6.17. The highest BCUT2D eigenvalue weighted by Crippen LogP contribution is 2.39. The maximum absolute atomic E-state index is 10.4. The highest BCUT2D eigenvalue weighted by Gasteiger charge is 2.27. The molecule has 4 nitrogen and oxygen atoms in total. The molecule has 1 atom stereocenters. The van der Waals surface area contributed by atoms with Crippen molar-refractivity contribution in [3.63, 3.8) is 0 Å². The fourth-order valence-corrected chi connectivity index (χ4v) is 3.04. The molecule has 1 heterocycles. The number of nitrogens with two attached hydrogens (primary N) is 1. The molecule has 1 aliphatic rings. The van der Waals surface area contributed by atoms with Crippen LogP contribution in [0.5, 0.6) is 5.75 Å². The van der Waals surface area contributed by atoms with Gasteiger partial charge in [-0.25, -0.2) is 0 Å². The summed E-state index contributed by atoms with van der Waals surface area (Å²) in [7, 11) is 0. The molecule has 2 rings (SSSR count). The zero-order chi connectivity index (χ0) is 14.7. The smallest absolute Gasteiger partial charge is 0.143 e. The van der Waals surface area contributed by atoms with E-state index in [2.05, 4.69) is 31.0 Å². The Morgan fingerprint density at radius 3 is 2.55 bits per heavy atom. The Bertz CT molecular complexity index is 453. The first kappa shape index (κ1) is 15.1. The van der Waals surface area contributed by atoms with E-state index in [4.69, 9.17) is 5.73 Å². The molecular weight excluding hydrogens is 250 g/mol. The van der Waals surface area contributed by atoms with Gasteiger partial charge in [-0.2, -0.15) is 0 Å². The number of hydrogen-bond donors (Lipinski definition) is 3. The van der Waals surface area contributed by atoms with Crippen molar-refractivity contribution < 1.29 is 5.11 Å². The summed E-state index contributed by atoms with van der Waals surface area (Å²) in [4.78, 5) is 2.47. The van der Waals surface area contributed by atoms with Crippen LogP contribution < -0.4 is 11.1 Å². The molecule has 0 spiro atoms. The van der Waals surface area contributed by atoms with Gasteiger partial charge in [-0.3, -0.25) is 4.90 Å². The molecular formula is C16H27N3O. The van der Waals surface area contributed by atoms with Crippen molar-refractivity contribution in [2.45, 2.75) is 33.2 Å². The molecule has 1 aromatic rings. The van der Waals surface area contributed by atoms with Gasteiger partial charge in [-0.15, -0.1) is 0 Å². The van der Waals surface area contributed by atoms with Crippen LogP contribution in [0.4, 0.5) is 5.69 Å². The lowest BCUT2D eigenvalue weighted by Crippen LogP contribution is -2.45. The Kier molecular flexibility index (Phi) is 4.89. The summed E-state index contributed by atoms with van der Waals surface area (Å²) in [5, 5.41) is 13.8. The molecule has 0 amide bonds. The predicted octanol–water partition coefficient (Wildman–Crippen LogP) is 2.28. The lowest BCUT2D eigenvalue weighted by atomic mass is 9.91. The van der Waals surface area contributed by atoms with E-state index >= 15 is 0 Å². The molecule has 1 saturated heterocycles. The van der Waals surface area contributed by atoms with Crippen LogP contribution in [-0.2, 0) is 0 Å². The van der Waals surface area contributed by atoms with Crippen molar-refractivity contribution in [3.05, 3.63) is 23.3 Å². The SMILES string of the molecule is Cc1ccc(N)c(O)c1[C@@H](CC(C)C)N1CCNCC1.